The molecule has 0 spiro atoms. The molecule has 2 aromatic rings. The van der Waals surface area contributed by atoms with Gasteiger partial charge in [0.1, 0.15) is 5.75 Å². The first-order valence-corrected chi connectivity index (χ1v) is 6.63. The van der Waals surface area contributed by atoms with Crippen molar-refractivity contribution in [2.24, 2.45) is 0 Å². The number of carbonyl (C=O) groups excluding carboxylic acids is 1. The Kier molecular flexibility index (Phi) is 4.64. The largest absolute Gasteiger partial charge is 0.495 e. The predicted molar refractivity (Wildman–Crippen MR) is 81.6 cm³/mol. The lowest BCUT2D eigenvalue weighted by molar-refractivity contribution is -0.117. The molecule has 0 fully saturated rings. The van der Waals surface area contributed by atoms with E-state index >= 15 is 0 Å². The molecule has 1 amide bonds. The van der Waals surface area contributed by atoms with Crippen molar-refractivity contribution in [3.05, 3.63) is 59.1 Å². The van der Waals surface area contributed by atoms with E-state index in [1.807, 2.05) is 36.4 Å². The molecule has 0 heterocycles. The maximum absolute atomic E-state index is 12.2. The summed E-state index contributed by atoms with van der Waals surface area (Å²) in [7, 11) is 3.33. The van der Waals surface area contributed by atoms with Crippen LogP contribution in [0.15, 0.2) is 48.5 Å². The number of benzene rings is 2. The molecule has 0 N–H and O–H groups in total. The number of halogens is 1. The number of methoxy groups -OCH3 is 1. The third-order valence-corrected chi connectivity index (χ3v) is 3.38. The van der Waals surface area contributed by atoms with Gasteiger partial charge >= 0.3 is 0 Å². The molecule has 0 unspecified atom stereocenters. The van der Waals surface area contributed by atoms with Crippen molar-refractivity contribution < 1.29 is 9.53 Å². The second-order valence-corrected chi connectivity index (χ2v) is 4.84. The minimum Gasteiger partial charge on any atom is -0.495 e. The number of para-hydroxylation sites is 1. The highest BCUT2D eigenvalue weighted by Crippen LogP contribution is 2.25. The number of likely N-dealkylation sites (N-methyl/N-ethyl adjacent to an activating group) is 1. The number of hydrogen-bond acceptors (Lipinski definition) is 2. The molecule has 0 aliphatic carbocycles. The Labute approximate surface area is 123 Å². The molecule has 20 heavy (non-hydrogen) atoms. The minimum atomic E-state index is 0.0115. The van der Waals surface area contributed by atoms with Crippen LogP contribution in [-0.2, 0) is 11.2 Å². The summed E-state index contributed by atoms with van der Waals surface area (Å²) in [5.74, 6) is 0.622. The van der Waals surface area contributed by atoms with Crippen molar-refractivity contribution in [2.45, 2.75) is 6.42 Å². The maximum atomic E-state index is 12.2. The average molecular weight is 290 g/mol. The summed E-state index contributed by atoms with van der Waals surface area (Å²) in [6.07, 6.45) is 0.301. The Hall–Kier alpha value is -2.00. The Morgan fingerprint density at radius 1 is 1.20 bits per heavy atom. The van der Waals surface area contributed by atoms with Crippen LogP contribution in [0.1, 0.15) is 5.56 Å². The van der Waals surface area contributed by atoms with Crippen molar-refractivity contribution >= 4 is 23.2 Å². The van der Waals surface area contributed by atoms with E-state index in [1.54, 1.807) is 31.2 Å². The zero-order chi connectivity index (χ0) is 14.5. The van der Waals surface area contributed by atoms with E-state index in [0.29, 0.717) is 17.2 Å². The van der Waals surface area contributed by atoms with Crippen LogP contribution >= 0.6 is 11.6 Å². The smallest absolute Gasteiger partial charge is 0.231 e. The zero-order valence-electron chi connectivity index (χ0n) is 11.5. The molecule has 0 saturated heterocycles. The summed E-state index contributed by atoms with van der Waals surface area (Å²) in [4.78, 5) is 13.9. The van der Waals surface area contributed by atoms with Crippen LogP contribution in [0.5, 0.6) is 5.75 Å². The number of rotatable bonds is 4. The number of hydrogen-bond donors (Lipinski definition) is 0. The summed E-state index contributed by atoms with van der Waals surface area (Å²) < 4.78 is 5.09. The molecule has 0 bridgehead atoms. The topological polar surface area (TPSA) is 29.5 Å². The van der Waals surface area contributed by atoms with Gasteiger partial charge in [-0.2, -0.15) is 0 Å². The van der Waals surface area contributed by atoms with Gasteiger partial charge in [-0.05, 0) is 29.8 Å². The van der Waals surface area contributed by atoms with Gasteiger partial charge in [0, 0.05) is 12.7 Å². The van der Waals surface area contributed by atoms with Crippen LogP contribution in [-0.4, -0.2) is 20.1 Å². The van der Waals surface area contributed by atoms with E-state index in [9.17, 15) is 4.79 Å². The van der Waals surface area contributed by atoms with E-state index < -0.39 is 0 Å². The highest BCUT2D eigenvalue weighted by atomic mass is 35.5. The van der Waals surface area contributed by atoms with E-state index in [2.05, 4.69) is 0 Å². The van der Waals surface area contributed by atoms with Crippen molar-refractivity contribution in [3.8, 4) is 5.75 Å². The van der Waals surface area contributed by atoms with Gasteiger partial charge in [0.05, 0.1) is 18.6 Å². The highest BCUT2D eigenvalue weighted by molar-refractivity contribution is 6.32. The van der Waals surface area contributed by atoms with Crippen LogP contribution in [0.4, 0.5) is 5.69 Å². The third-order valence-electron chi connectivity index (χ3n) is 3.09. The van der Waals surface area contributed by atoms with Crippen molar-refractivity contribution in [2.75, 3.05) is 19.1 Å². The molecule has 4 heteroatoms. The van der Waals surface area contributed by atoms with Gasteiger partial charge in [-0.3, -0.25) is 4.79 Å². The van der Waals surface area contributed by atoms with Gasteiger partial charge in [0.25, 0.3) is 0 Å². The van der Waals surface area contributed by atoms with Gasteiger partial charge < -0.3 is 9.64 Å². The lowest BCUT2D eigenvalue weighted by Gasteiger charge is -2.17. The fourth-order valence-electron chi connectivity index (χ4n) is 1.91. The first-order valence-electron chi connectivity index (χ1n) is 6.26. The molecular formula is C16H16ClNO2. The number of carbonyl (C=O) groups is 1. The quantitative estimate of drug-likeness (QED) is 0.861. The number of ether oxygens (including phenoxy) is 1. The summed E-state index contributed by atoms with van der Waals surface area (Å²) in [5, 5.41) is 0.514. The Morgan fingerprint density at radius 3 is 2.50 bits per heavy atom. The minimum absolute atomic E-state index is 0.0115. The fourth-order valence-corrected chi connectivity index (χ4v) is 2.19. The zero-order valence-corrected chi connectivity index (χ0v) is 12.2. The maximum Gasteiger partial charge on any atom is 0.231 e. The normalized spacial score (nSPS) is 10.2. The fraction of sp³-hybridized carbons (Fsp3) is 0.188. The van der Waals surface area contributed by atoms with Crippen LogP contribution < -0.4 is 9.64 Å². The summed E-state index contributed by atoms with van der Waals surface area (Å²) >= 11 is 6.06. The Bertz CT molecular complexity index is 599. The second kappa shape index (κ2) is 6.44. The van der Waals surface area contributed by atoms with Crippen LogP contribution in [0.25, 0.3) is 0 Å². The van der Waals surface area contributed by atoms with E-state index in [0.717, 1.165) is 11.3 Å². The monoisotopic (exact) mass is 289 g/mol. The molecule has 2 rings (SSSR count). The molecule has 104 valence electrons. The predicted octanol–water partition coefficient (Wildman–Crippen LogP) is 3.55. The summed E-state index contributed by atoms with van der Waals surface area (Å²) in [6, 6.07) is 14.9. The number of nitrogens with zero attached hydrogens (tertiary/aromatic N) is 1. The van der Waals surface area contributed by atoms with E-state index in [-0.39, 0.29) is 5.91 Å². The first-order chi connectivity index (χ1) is 9.61. The Morgan fingerprint density at radius 2 is 1.90 bits per heavy atom. The standard InChI is InChI=1S/C16H16ClNO2/c1-18(13-6-4-3-5-7-13)16(19)11-12-8-9-15(20-2)14(17)10-12/h3-10H,11H2,1-2H3. The molecular weight excluding hydrogens is 274 g/mol. The van der Waals surface area contributed by atoms with E-state index in [1.165, 1.54) is 0 Å². The molecule has 0 saturated carbocycles. The number of anilines is 1. The second-order valence-electron chi connectivity index (χ2n) is 4.43. The van der Waals surface area contributed by atoms with Gasteiger partial charge in [0.2, 0.25) is 5.91 Å². The SMILES string of the molecule is COc1ccc(CC(=O)N(C)c2ccccc2)cc1Cl. The van der Waals surface area contributed by atoms with Gasteiger partial charge in [-0.25, -0.2) is 0 Å². The lowest BCUT2D eigenvalue weighted by Crippen LogP contribution is -2.27. The molecule has 3 nitrogen and oxygen atoms in total. The Balaban J connectivity index is 2.10. The molecule has 0 aliphatic rings. The number of amides is 1. The summed E-state index contributed by atoms with van der Waals surface area (Å²) in [6.45, 7) is 0. The molecule has 0 radical (unpaired) electrons. The molecule has 0 aromatic heterocycles. The molecule has 0 atom stereocenters. The van der Waals surface area contributed by atoms with Gasteiger partial charge in [-0.15, -0.1) is 0 Å². The van der Waals surface area contributed by atoms with Gasteiger partial charge in [-0.1, -0.05) is 35.9 Å². The highest BCUT2D eigenvalue weighted by Gasteiger charge is 2.12. The van der Waals surface area contributed by atoms with Crippen molar-refractivity contribution in [3.63, 3.8) is 0 Å². The average Bonchev–Trinajstić information content (AvgIpc) is 2.47. The summed E-state index contributed by atoms with van der Waals surface area (Å²) in [5.41, 5.74) is 1.74. The lowest BCUT2D eigenvalue weighted by atomic mass is 10.1. The van der Waals surface area contributed by atoms with Crippen LogP contribution in [0.2, 0.25) is 5.02 Å². The molecule has 0 aliphatic heterocycles. The third kappa shape index (κ3) is 3.31. The van der Waals surface area contributed by atoms with Crippen molar-refractivity contribution in [1.82, 2.24) is 0 Å². The van der Waals surface area contributed by atoms with E-state index in [4.69, 9.17) is 16.3 Å². The van der Waals surface area contributed by atoms with Crippen LogP contribution in [0.3, 0.4) is 0 Å². The first kappa shape index (κ1) is 14.4. The van der Waals surface area contributed by atoms with Crippen molar-refractivity contribution in [1.29, 1.82) is 0 Å². The van der Waals surface area contributed by atoms with Gasteiger partial charge in [0.15, 0.2) is 0 Å². The van der Waals surface area contributed by atoms with Crippen LogP contribution in [0, 0.1) is 0 Å². The molecule has 2 aromatic carbocycles.